The molecule has 0 bridgehead atoms. The van der Waals surface area contributed by atoms with Gasteiger partial charge < -0.3 is 25.0 Å². The van der Waals surface area contributed by atoms with Gasteiger partial charge in [-0.1, -0.05) is 55.3 Å². The van der Waals surface area contributed by atoms with Gasteiger partial charge in [0.25, 0.3) is 0 Å². The number of piperazine rings is 1. The van der Waals surface area contributed by atoms with Crippen molar-refractivity contribution in [2.24, 2.45) is 4.99 Å². The average molecular weight is 509 g/mol. The molecule has 37 heavy (non-hydrogen) atoms. The Morgan fingerprint density at radius 2 is 2.05 bits per heavy atom. The Hall–Kier alpha value is -2.81. The number of methoxy groups -OCH3 is 1. The molecule has 198 valence electrons. The highest BCUT2D eigenvalue weighted by Crippen LogP contribution is 2.41. The van der Waals surface area contributed by atoms with E-state index in [1.54, 1.807) is 19.5 Å². The molecule has 5 rings (SSSR count). The smallest absolute Gasteiger partial charge is 0.250 e. The van der Waals surface area contributed by atoms with Gasteiger partial charge in [-0.2, -0.15) is 0 Å². The van der Waals surface area contributed by atoms with E-state index in [9.17, 15) is 14.3 Å². The van der Waals surface area contributed by atoms with E-state index in [0.717, 1.165) is 32.2 Å². The molecule has 1 saturated heterocycles. The zero-order valence-electron chi connectivity index (χ0n) is 21.4. The predicted octanol–water partition coefficient (Wildman–Crippen LogP) is 2.94. The van der Waals surface area contributed by atoms with Crippen LogP contribution >= 0.6 is 0 Å². The van der Waals surface area contributed by atoms with E-state index in [4.69, 9.17) is 9.73 Å². The van der Waals surface area contributed by atoms with Gasteiger partial charge in [-0.3, -0.25) is 9.79 Å². The molecule has 0 spiro atoms. The topological polar surface area (TPSA) is 77.4 Å². The fourth-order valence-corrected chi connectivity index (χ4v) is 6.32. The molecule has 1 aliphatic carbocycles. The third-order valence-corrected chi connectivity index (χ3v) is 8.08. The van der Waals surface area contributed by atoms with Crippen LogP contribution in [0.25, 0.3) is 0 Å². The number of hydrogen-bond acceptors (Lipinski definition) is 6. The minimum absolute atomic E-state index is 0.00108. The number of nitrogens with one attached hydrogen (secondary N) is 1. The molecule has 2 N–H and O–H groups in total. The lowest BCUT2D eigenvalue weighted by atomic mass is 9.79. The Morgan fingerprint density at radius 1 is 1.22 bits per heavy atom. The summed E-state index contributed by atoms with van der Waals surface area (Å²) in [5.41, 5.74) is 0.808. The summed E-state index contributed by atoms with van der Waals surface area (Å²) >= 11 is 0. The Kier molecular flexibility index (Phi) is 7.88. The maximum atomic E-state index is 14.4. The second-order valence-electron chi connectivity index (χ2n) is 10.5. The van der Waals surface area contributed by atoms with Crippen molar-refractivity contribution >= 4 is 12.2 Å². The number of aliphatic hydroxyl groups is 1. The summed E-state index contributed by atoms with van der Waals surface area (Å²) in [6.45, 7) is 2.22. The monoisotopic (exact) mass is 508 g/mol. The van der Waals surface area contributed by atoms with Gasteiger partial charge in [0.1, 0.15) is 11.4 Å². The maximum Gasteiger partial charge on any atom is 0.250 e. The first-order valence-electron chi connectivity index (χ1n) is 13.3. The molecule has 2 heterocycles. The predicted molar refractivity (Wildman–Crippen MR) is 141 cm³/mol. The summed E-state index contributed by atoms with van der Waals surface area (Å²) in [5, 5.41) is 15.0. The molecule has 0 aromatic heterocycles. The molecule has 2 aromatic carbocycles. The fourth-order valence-electron chi connectivity index (χ4n) is 6.32. The molecule has 2 unspecified atom stereocenters. The van der Waals surface area contributed by atoms with Gasteiger partial charge in [0.2, 0.25) is 5.91 Å². The molecule has 2 aromatic rings. The Morgan fingerprint density at radius 3 is 2.84 bits per heavy atom. The second-order valence-corrected chi connectivity index (χ2v) is 10.5. The van der Waals surface area contributed by atoms with Crippen LogP contribution in [0, 0.1) is 5.82 Å². The van der Waals surface area contributed by atoms with Crippen LogP contribution < -0.4 is 5.32 Å². The number of amides is 1. The number of hydrogen-bond donors (Lipinski definition) is 2. The van der Waals surface area contributed by atoms with Crippen molar-refractivity contribution in [3.8, 4) is 0 Å². The van der Waals surface area contributed by atoms with E-state index < -0.39 is 17.7 Å². The van der Waals surface area contributed by atoms with Gasteiger partial charge in [-0.15, -0.1) is 0 Å². The number of nitrogens with zero attached hydrogens (tertiary/aromatic N) is 3. The van der Waals surface area contributed by atoms with Crippen molar-refractivity contribution < 1.29 is 19.0 Å². The molecule has 1 amide bonds. The van der Waals surface area contributed by atoms with Gasteiger partial charge >= 0.3 is 0 Å². The van der Waals surface area contributed by atoms with Crippen LogP contribution in [0.4, 0.5) is 4.39 Å². The van der Waals surface area contributed by atoms with Crippen molar-refractivity contribution in [1.29, 1.82) is 0 Å². The lowest BCUT2D eigenvalue weighted by Crippen LogP contribution is -2.59. The molecular weight excluding hydrogens is 471 g/mol. The van der Waals surface area contributed by atoms with E-state index in [-0.39, 0.29) is 30.4 Å². The summed E-state index contributed by atoms with van der Waals surface area (Å²) in [6, 6.07) is 15.1. The lowest BCUT2D eigenvalue weighted by Gasteiger charge is -2.47. The van der Waals surface area contributed by atoms with E-state index in [2.05, 4.69) is 17.4 Å². The normalized spacial score (nSPS) is 30.0. The summed E-state index contributed by atoms with van der Waals surface area (Å²) < 4.78 is 19.8. The third-order valence-electron chi connectivity index (χ3n) is 8.08. The number of benzene rings is 2. The SMILES string of the molecule is COC[C@]1(O)CCCC[C@H]1N1C=NC(C(=O)N2CCNC[C@H]2Cc2ccccc2)C1c1cccc(F)c1. The largest absolute Gasteiger partial charge is 0.385 e. The summed E-state index contributed by atoms with van der Waals surface area (Å²) in [7, 11) is 1.59. The zero-order valence-corrected chi connectivity index (χ0v) is 21.4. The van der Waals surface area contributed by atoms with Crippen LogP contribution in [-0.4, -0.2) is 84.2 Å². The fraction of sp³-hybridized carbons (Fsp3) is 0.517. The van der Waals surface area contributed by atoms with Crippen molar-refractivity contribution in [3.05, 3.63) is 71.5 Å². The van der Waals surface area contributed by atoms with Crippen molar-refractivity contribution in [2.45, 2.75) is 61.9 Å². The van der Waals surface area contributed by atoms with Crippen LogP contribution in [0.5, 0.6) is 0 Å². The first kappa shape index (κ1) is 25.8. The van der Waals surface area contributed by atoms with Crippen molar-refractivity contribution in [3.63, 3.8) is 0 Å². The molecule has 7 nitrogen and oxygen atoms in total. The summed E-state index contributed by atoms with van der Waals surface area (Å²) in [6.07, 6.45) is 5.70. The van der Waals surface area contributed by atoms with Gasteiger partial charge in [0, 0.05) is 32.8 Å². The number of ether oxygens (including phenoxy) is 1. The standard InChI is InChI=1S/C29H37FN4O3/c1-37-19-29(36)13-6-5-12-25(29)34-20-32-26(27(34)22-10-7-11-23(30)17-22)28(35)33-15-14-31-18-24(33)16-21-8-3-2-4-9-21/h2-4,7-11,17,20,24-27,31,36H,5-6,12-16,18-19H2,1H3/t24-,25-,26?,27?,29-/m1/s1. The lowest BCUT2D eigenvalue weighted by molar-refractivity contribution is -0.138. The van der Waals surface area contributed by atoms with Crippen LogP contribution in [0.3, 0.4) is 0 Å². The molecule has 1 saturated carbocycles. The van der Waals surface area contributed by atoms with Gasteiger partial charge in [0.05, 0.1) is 25.0 Å². The molecule has 2 aliphatic heterocycles. The Labute approximate surface area is 218 Å². The van der Waals surface area contributed by atoms with Crippen LogP contribution in [0.15, 0.2) is 59.6 Å². The van der Waals surface area contributed by atoms with Crippen LogP contribution in [-0.2, 0) is 16.0 Å². The number of halogens is 1. The Balaban J connectivity index is 1.45. The van der Waals surface area contributed by atoms with Gasteiger partial charge in [-0.05, 0) is 42.5 Å². The van der Waals surface area contributed by atoms with E-state index in [1.807, 2.05) is 34.1 Å². The number of rotatable bonds is 7. The summed E-state index contributed by atoms with van der Waals surface area (Å²) in [5.74, 6) is -0.406. The molecule has 0 radical (unpaired) electrons. The average Bonchev–Trinajstić information content (AvgIpc) is 3.34. The quantitative estimate of drug-likeness (QED) is 0.602. The molecular formula is C29H37FN4O3. The first-order chi connectivity index (χ1) is 18.0. The third kappa shape index (κ3) is 5.42. The first-order valence-corrected chi connectivity index (χ1v) is 13.3. The highest BCUT2D eigenvalue weighted by Gasteiger charge is 2.49. The molecule has 2 fully saturated rings. The van der Waals surface area contributed by atoms with Crippen LogP contribution in [0.2, 0.25) is 0 Å². The van der Waals surface area contributed by atoms with E-state index >= 15 is 0 Å². The Bertz CT molecular complexity index is 1100. The van der Waals surface area contributed by atoms with Gasteiger partial charge in [-0.25, -0.2) is 4.39 Å². The van der Waals surface area contributed by atoms with E-state index in [0.29, 0.717) is 25.1 Å². The highest BCUT2D eigenvalue weighted by molar-refractivity contribution is 5.87. The number of carbonyl (C=O) groups excluding carboxylic acids is 1. The zero-order chi connectivity index (χ0) is 25.8. The van der Waals surface area contributed by atoms with Crippen LogP contribution in [0.1, 0.15) is 42.9 Å². The molecule has 3 aliphatic rings. The molecule has 8 heteroatoms. The number of carbonyl (C=O) groups is 1. The number of aliphatic imine (C=N–C) groups is 1. The van der Waals surface area contributed by atoms with Crippen molar-refractivity contribution in [2.75, 3.05) is 33.4 Å². The summed E-state index contributed by atoms with van der Waals surface area (Å²) in [4.78, 5) is 22.9. The minimum atomic E-state index is -1.06. The maximum absolute atomic E-state index is 14.4. The van der Waals surface area contributed by atoms with Gasteiger partial charge in [0.15, 0.2) is 6.04 Å². The minimum Gasteiger partial charge on any atom is -0.385 e. The van der Waals surface area contributed by atoms with Crippen molar-refractivity contribution in [1.82, 2.24) is 15.1 Å². The second kappa shape index (κ2) is 11.3. The molecule has 5 atom stereocenters. The van der Waals surface area contributed by atoms with E-state index in [1.165, 1.54) is 17.7 Å². The highest BCUT2D eigenvalue weighted by atomic mass is 19.1.